The van der Waals surface area contributed by atoms with Crippen LogP contribution >= 0.6 is 0 Å². The van der Waals surface area contributed by atoms with Crippen molar-refractivity contribution >= 4 is 5.91 Å². The van der Waals surface area contributed by atoms with E-state index in [4.69, 9.17) is 9.47 Å². The molecule has 0 bridgehead atoms. The highest BCUT2D eigenvalue weighted by Crippen LogP contribution is 2.36. The second-order valence-electron chi connectivity index (χ2n) is 8.92. The van der Waals surface area contributed by atoms with Crippen molar-refractivity contribution in [2.75, 3.05) is 13.2 Å². The SMILES string of the molecule is Cc1nn(-c2ccccc2)c(Oc2ccc(F)cc2F)c1CN(C[C@H]1CCCO1)C(=O)C1CC1. The summed E-state index contributed by atoms with van der Waals surface area (Å²) in [6, 6.07) is 12.5. The van der Waals surface area contributed by atoms with Crippen LogP contribution in [0.15, 0.2) is 48.5 Å². The van der Waals surface area contributed by atoms with Crippen LogP contribution in [0.2, 0.25) is 0 Å². The van der Waals surface area contributed by atoms with E-state index in [1.807, 2.05) is 42.2 Å². The molecule has 8 heteroatoms. The smallest absolute Gasteiger partial charge is 0.228 e. The van der Waals surface area contributed by atoms with E-state index in [-0.39, 0.29) is 30.2 Å². The molecule has 178 valence electrons. The fraction of sp³-hybridized carbons (Fsp3) is 0.385. The zero-order valence-electron chi connectivity index (χ0n) is 19.0. The molecule has 1 aromatic heterocycles. The number of carbonyl (C=O) groups excluding carboxylic acids is 1. The average molecular weight is 468 g/mol. The number of benzene rings is 2. The molecule has 2 fully saturated rings. The monoisotopic (exact) mass is 467 g/mol. The van der Waals surface area contributed by atoms with Gasteiger partial charge in [-0.2, -0.15) is 5.10 Å². The fourth-order valence-electron chi connectivity index (χ4n) is 4.28. The number of para-hydroxylation sites is 1. The van der Waals surface area contributed by atoms with E-state index in [1.54, 1.807) is 4.68 Å². The number of ether oxygens (including phenoxy) is 2. The van der Waals surface area contributed by atoms with Gasteiger partial charge < -0.3 is 14.4 Å². The van der Waals surface area contributed by atoms with Gasteiger partial charge >= 0.3 is 0 Å². The van der Waals surface area contributed by atoms with Gasteiger partial charge in [-0.15, -0.1) is 0 Å². The molecule has 1 saturated carbocycles. The molecule has 1 aliphatic carbocycles. The van der Waals surface area contributed by atoms with Crippen LogP contribution in [0.25, 0.3) is 5.69 Å². The lowest BCUT2D eigenvalue weighted by molar-refractivity contribution is -0.134. The third kappa shape index (κ3) is 4.82. The first-order valence-electron chi connectivity index (χ1n) is 11.7. The Morgan fingerprint density at radius 2 is 1.97 bits per heavy atom. The van der Waals surface area contributed by atoms with Gasteiger partial charge in [-0.1, -0.05) is 18.2 Å². The minimum absolute atomic E-state index is 0.00563. The van der Waals surface area contributed by atoms with Crippen molar-refractivity contribution in [3.63, 3.8) is 0 Å². The van der Waals surface area contributed by atoms with Crippen LogP contribution in [-0.4, -0.2) is 39.8 Å². The molecule has 2 aliphatic rings. The third-order valence-corrected chi connectivity index (χ3v) is 6.27. The Balaban J connectivity index is 1.53. The summed E-state index contributed by atoms with van der Waals surface area (Å²) >= 11 is 0. The molecule has 0 unspecified atom stereocenters. The molecule has 1 amide bonds. The van der Waals surface area contributed by atoms with E-state index in [2.05, 4.69) is 5.10 Å². The minimum atomic E-state index is -0.810. The number of hydrogen-bond donors (Lipinski definition) is 0. The highest BCUT2D eigenvalue weighted by molar-refractivity contribution is 5.81. The molecule has 2 aromatic carbocycles. The summed E-state index contributed by atoms with van der Waals surface area (Å²) in [5, 5.41) is 4.65. The van der Waals surface area contributed by atoms with Gasteiger partial charge in [-0.25, -0.2) is 13.5 Å². The minimum Gasteiger partial charge on any atom is -0.435 e. The predicted molar refractivity (Wildman–Crippen MR) is 122 cm³/mol. The van der Waals surface area contributed by atoms with Crippen LogP contribution in [0.1, 0.15) is 36.9 Å². The number of amides is 1. The molecule has 0 radical (unpaired) electrons. The summed E-state index contributed by atoms with van der Waals surface area (Å²) in [6.07, 6.45) is 3.70. The summed E-state index contributed by atoms with van der Waals surface area (Å²) in [5.74, 6) is -1.16. The van der Waals surface area contributed by atoms with E-state index in [0.29, 0.717) is 30.3 Å². The highest BCUT2D eigenvalue weighted by atomic mass is 19.1. The molecule has 0 N–H and O–H groups in total. The Labute approximate surface area is 197 Å². The first kappa shape index (κ1) is 22.5. The topological polar surface area (TPSA) is 56.6 Å². The highest BCUT2D eigenvalue weighted by Gasteiger charge is 2.36. The van der Waals surface area contributed by atoms with Gasteiger partial charge in [0.2, 0.25) is 11.8 Å². The largest absolute Gasteiger partial charge is 0.435 e. The first-order valence-corrected chi connectivity index (χ1v) is 11.7. The summed E-state index contributed by atoms with van der Waals surface area (Å²) < 4.78 is 41.4. The standard InChI is InChI=1S/C26H27F2N3O3/c1-17-22(16-30(25(32)18-9-10-18)15-21-8-5-13-33-21)26(31(29-17)20-6-3-2-4-7-20)34-24-12-11-19(27)14-23(24)28/h2-4,6-7,11-12,14,18,21H,5,8-10,13,15-16H2,1H3/t21-/m1/s1. The molecule has 5 rings (SSSR count). The Morgan fingerprint density at radius 1 is 1.18 bits per heavy atom. The van der Waals surface area contributed by atoms with Crippen LogP contribution in [0, 0.1) is 24.5 Å². The summed E-state index contributed by atoms with van der Waals surface area (Å²) in [6.45, 7) is 3.31. The first-order chi connectivity index (χ1) is 16.5. The molecule has 2 heterocycles. The van der Waals surface area contributed by atoms with Crippen LogP contribution in [0.5, 0.6) is 11.6 Å². The van der Waals surface area contributed by atoms with Crippen LogP contribution in [-0.2, 0) is 16.1 Å². The van der Waals surface area contributed by atoms with Crippen molar-refractivity contribution in [3.8, 4) is 17.3 Å². The van der Waals surface area contributed by atoms with Crippen molar-refractivity contribution in [2.24, 2.45) is 5.92 Å². The zero-order chi connectivity index (χ0) is 23.7. The third-order valence-electron chi connectivity index (χ3n) is 6.27. The maximum Gasteiger partial charge on any atom is 0.228 e. The van der Waals surface area contributed by atoms with Crippen molar-refractivity contribution < 1.29 is 23.0 Å². The lowest BCUT2D eigenvalue weighted by Gasteiger charge is -2.26. The van der Waals surface area contributed by atoms with E-state index in [1.165, 1.54) is 6.07 Å². The average Bonchev–Trinajstić information content (AvgIpc) is 3.48. The maximum absolute atomic E-state index is 14.5. The van der Waals surface area contributed by atoms with Crippen LogP contribution in [0.3, 0.4) is 0 Å². The molecule has 1 saturated heterocycles. The molecular weight excluding hydrogens is 440 g/mol. The number of hydrogen-bond acceptors (Lipinski definition) is 4. The van der Waals surface area contributed by atoms with Gasteiger partial charge in [-0.3, -0.25) is 4.79 Å². The van der Waals surface area contributed by atoms with E-state index < -0.39 is 11.6 Å². The summed E-state index contributed by atoms with van der Waals surface area (Å²) in [5.41, 5.74) is 2.08. The summed E-state index contributed by atoms with van der Waals surface area (Å²) in [4.78, 5) is 15.0. The summed E-state index contributed by atoms with van der Waals surface area (Å²) in [7, 11) is 0. The lowest BCUT2D eigenvalue weighted by atomic mass is 10.1. The fourth-order valence-corrected chi connectivity index (χ4v) is 4.28. The van der Waals surface area contributed by atoms with Crippen molar-refractivity contribution in [1.82, 2.24) is 14.7 Å². The number of aromatic nitrogens is 2. The number of carbonyl (C=O) groups is 1. The molecular formula is C26H27F2N3O3. The number of nitrogens with zero attached hydrogens (tertiary/aromatic N) is 3. The Kier molecular flexibility index (Phi) is 6.32. The van der Waals surface area contributed by atoms with E-state index in [9.17, 15) is 13.6 Å². The maximum atomic E-state index is 14.5. The second kappa shape index (κ2) is 9.54. The van der Waals surface area contributed by atoms with Crippen molar-refractivity contribution in [1.29, 1.82) is 0 Å². The number of rotatable bonds is 8. The van der Waals surface area contributed by atoms with Gasteiger partial charge in [0.15, 0.2) is 11.6 Å². The molecule has 0 spiro atoms. The predicted octanol–water partition coefficient (Wildman–Crippen LogP) is 5.17. The Morgan fingerprint density at radius 3 is 2.65 bits per heavy atom. The van der Waals surface area contributed by atoms with E-state index in [0.717, 1.165) is 43.5 Å². The van der Waals surface area contributed by atoms with Gasteiger partial charge in [0.1, 0.15) is 5.82 Å². The number of aryl methyl sites for hydroxylation is 1. The van der Waals surface area contributed by atoms with Crippen LogP contribution < -0.4 is 4.74 Å². The van der Waals surface area contributed by atoms with Gasteiger partial charge in [0, 0.05) is 25.1 Å². The normalized spacial score (nSPS) is 17.7. The van der Waals surface area contributed by atoms with Gasteiger partial charge in [0.25, 0.3) is 0 Å². The quantitative estimate of drug-likeness (QED) is 0.459. The Bertz CT molecular complexity index is 1170. The molecule has 3 aromatic rings. The lowest BCUT2D eigenvalue weighted by Crippen LogP contribution is -2.38. The van der Waals surface area contributed by atoms with E-state index >= 15 is 0 Å². The molecule has 1 aliphatic heterocycles. The zero-order valence-corrected chi connectivity index (χ0v) is 19.0. The van der Waals surface area contributed by atoms with Crippen LogP contribution in [0.4, 0.5) is 8.78 Å². The molecule has 6 nitrogen and oxygen atoms in total. The molecule has 1 atom stereocenters. The van der Waals surface area contributed by atoms with Gasteiger partial charge in [0.05, 0.1) is 29.6 Å². The Hall–Kier alpha value is -3.26. The van der Waals surface area contributed by atoms with Crippen molar-refractivity contribution in [3.05, 3.63) is 71.4 Å². The van der Waals surface area contributed by atoms with Crippen molar-refractivity contribution in [2.45, 2.75) is 45.3 Å². The van der Waals surface area contributed by atoms with Gasteiger partial charge in [-0.05, 0) is 56.9 Å². The number of halogens is 2. The second-order valence-corrected chi connectivity index (χ2v) is 8.92. The molecule has 34 heavy (non-hydrogen) atoms.